The molecule has 2 heterocycles. The zero-order valence-electron chi connectivity index (χ0n) is 36.5. The Hall–Kier alpha value is -4.04. The second kappa shape index (κ2) is 10.5. The number of rotatable bonds is 4. The maximum atomic E-state index is 9.28. The second-order valence-corrected chi connectivity index (χ2v) is 14.3. The Morgan fingerprint density at radius 1 is 0.545 bits per heavy atom. The molecule has 4 aromatic carbocycles. The van der Waals surface area contributed by atoms with Crippen molar-refractivity contribution in [1.82, 2.24) is 9.13 Å². The molecule has 6 aromatic rings. The number of para-hydroxylation sites is 2. The number of fused-ring (bicyclic) bond motifs is 2. The Kier molecular flexibility index (Phi) is 4.64. The van der Waals surface area contributed by atoms with E-state index in [0.29, 0.717) is 44.3 Å². The minimum atomic E-state index is -0.543. The smallest absolute Gasteiger partial charge is 0.0826 e. The summed E-state index contributed by atoms with van der Waals surface area (Å²) in [6.07, 6.45) is 5.33. The Bertz CT molecular complexity index is 2300. The van der Waals surface area contributed by atoms with Gasteiger partial charge in [-0.3, -0.25) is 0 Å². The highest BCUT2D eigenvalue weighted by atomic mass is 15.0. The molecule has 0 amide bonds. The lowest BCUT2D eigenvalue weighted by Gasteiger charge is -2.39. The van der Waals surface area contributed by atoms with Crippen molar-refractivity contribution in [2.24, 2.45) is 0 Å². The van der Waals surface area contributed by atoms with Crippen LogP contribution in [-0.4, -0.2) is 9.13 Å². The predicted octanol–water partition coefficient (Wildman–Crippen LogP) is 11.4. The van der Waals surface area contributed by atoms with Crippen LogP contribution in [0.4, 0.5) is 0 Å². The van der Waals surface area contributed by atoms with Gasteiger partial charge < -0.3 is 9.13 Å². The summed E-state index contributed by atoms with van der Waals surface area (Å²) in [4.78, 5) is 0. The van der Waals surface area contributed by atoms with Gasteiger partial charge in [-0.05, 0) is 82.3 Å². The lowest BCUT2D eigenvalue weighted by atomic mass is 9.65. The van der Waals surface area contributed by atoms with Crippen molar-refractivity contribution in [3.8, 4) is 11.4 Å². The van der Waals surface area contributed by atoms with E-state index in [1.54, 1.807) is 9.13 Å². The van der Waals surface area contributed by atoms with Crippen molar-refractivity contribution in [3.63, 3.8) is 0 Å². The van der Waals surface area contributed by atoms with Crippen LogP contribution in [0.25, 0.3) is 33.2 Å². The fraction of sp³-hybridized carbons (Fsp3) is 0.333. The maximum Gasteiger partial charge on any atom is 0.0826 e. The van der Waals surface area contributed by atoms with Crippen LogP contribution in [-0.2, 0) is 16.2 Å². The van der Waals surface area contributed by atoms with E-state index in [1.807, 2.05) is 65.8 Å². The molecule has 1 aliphatic carbocycles. The minimum absolute atomic E-state index is 0.134. The minimum Gasteiger partial charge on any atom is -0.316 e. The normalized spacial score (nSPS) is 18.9. The Morgan fingerprint density at radius 3 is 1.32 bits per heavy atom. The summed E-state index contributed by atoms with van der Waals surface area (Å²) in [5, 5.41) is 0.755. The number of benzene rings is 4. The van der Waals surface area contributed by atoms with Gasteiger partial charge in [-0.2, -0.15) is 0 Å². The molecule has 0 saturated heterocycles. The van der Waals surface area contributed by atoms with E-state index < -0.39 is 10.8 Å². The van der Waals surface area contributed by atoms with Crippen LogP contribution >= 0.6 is 0 Å². The number of nitrogens with zero attached hydrogens (tertiary/aromatic N) is 2. The fourth-order valence-corrected chi connectivity index (χ4v) is 6.99. The first kappa shape index (κ1) is 19.4. The first-order valence-electron chi connectivity index (χ1n) is 20.7. The van der Waals surface area contributed by atoms with Crippen molar-refractivity contribution in [2.45, 2.75) is 89.9 Å². The number of hydrogen-bond acceptors (Lipinski definition) is 0. The molecule has 0 bridgehead atoms. The third-order valence-corrected chi connectivity index (χ3v) is 9.29. The quantitative estimate of drug-likeness (QED) is 0.194. The van der Waals surface area contributed by atoms with Crippen molar-refractivity contribution in [1.29, 1.82) is 0 Å². The van der Waals surface area contributed by atoms with Gasteiger partial charge in [0.1, 0.15) is 0 Å². The molecule has 0 spiro atoms. The highest BCUT2D eigenvalue weighted by Crippen LogP contribution is 2.46. The van der Waals surface area contributed by atoms with Gasteiger partial charge in [0.15, 0.2) is 0 Å². The summed E-state index contributed by atoms with van der Waals surface area (Å²) in [5.74, 6) is 0. The van der Waals surface area contributed by atoms with Gasteiger partial charge >= 0.3 is 0 Å². The Labute approximate surface area is 277 Å². The lowest BCUT2D eigenvalue weighted by molar-refractivity contribution is 0.346. The molecule has 224 valence electrons. The van der Waals surface area contributed by atoms with Crippen LogP contribution < -0.4 is 0 Å². The molecule has 44 heavy (non-hydrogen) atoms. The van der Waals surface area contributed by atoms with Gasteiger partial charge in [-0.25, -0.2) is 0 Å². The van der Waals surface area contributed by atoms with E-state index in [4.69, 9.17) is 11.0 Å². The van der Waals surface area contributed by atoms with Crippen LogP contribution in [0.5, 0.6) is 0 Å². The van der Waals surface area contributed by atoms with Crippen LogP contribution in [0.15, 0.2) is 109 Å². The van der Waals surface area contributed by atoms with Gasteiger partial charge in [0, 0.05) is 39.9 Å². The predicted molar refractivity (Wildman–Crippen MR) is 188 cm³/mol. The molecule has 0 radical (unpaired) electrons. The van der Waals surface area contributed by atoms with Crippen LogP contribution in [0, 0.1) is 0 Å². The standard InChI is InChI=1S/C42H46N2/c1-40(2,3)36-28-43(38-16-10-8-14-34(36)38)32-22-18-30(19-23-32)42(26-12-7-13-27-42)31-20-24-33(25-21-31)44-29-37(41(4,5)6)35-15-9-11-17-39(35)44/h8-11,14-25,28-29H,7,12-13,26-27H2,1-6H3/i8D,9D,10D,11D,14D,15D,16D,17D,28D,29D. The molecular formula is C42H46N2. The van der Waals surface area contributed by atoms with Gasteiger partial charge in [0.05, 0.1) is 24.7 Å². The molecule has 2 nitrogen and oxygen atoms in total. The van der Waals surface area contributed by atoms with E-state index in [9.17, 15) is 2.74 Å². The molecule has 2 aromatic heterocycles. The average Bonchev–Trinajstić information content (AvgIpc) is 3.63. The largest absolute Gasteiger partial charge is 0.316 e. The van der Waals surface area contributed by atoms with E-state index in [0.717, 1.165) is 43.2 Å². The van der Waals surface area contributed by atoms with Gasteiger partial charge in [-0.1, -0.05) is 121 Å². The molecule has 7 rings (SSSR count). The summed E-state index contributed by atoms with van der Waals surface area (Å²) in [5.41, 5.74) is 3.87. The molecule has 1 aliphatic rings. The Morgan fingerprint density at radius 2 is 0.932 bits per heavy atom. The summed E-state index contributed by atoms with van der Waals surface area (Å²) < 4.78 is 90.6. The first-order chi connectivity index (χ1) is 25.2. The lowest BCUT2D eigenvalue weighted by Crippen LogP contribution is -2.30. The zero-order chi connectivity index (χ0) is 39.4. The maximum absolute atomic E-state index is 9.28. The first-order valence-corrected chi connectivity index (χ1v) is 15.7. The third kappa shape index (κ3) is 4.80. The summed E-state index contributed by atoms with van der Waals surface area (Å²) >= 11 is 0. The van der Waals surface area contributed by atoms with E-state index in [-0.39, 0.29) is 66.1 Å². The fourth-order valence-electron chi connectivity index (χ4n) is 6.99. The molecule has 1 saturated carbocycles. The van der Waals surface area contributed by atoms with Gasteiger partial charge in [0.2, 0.25) is 0 Å². The summed E-state index contributed by atoms with van der Waals surface area (Å²) in [7, 11) is 0. The van der Waals surface area contributed by atoms with Crippen LogP contribution in [0.2, 0.25) is 0 Å². The van der Waals surface area contributed by atoms with E-state index in [1.165, 1.54) is 0 Å². The number of hydrogen-bond donors (Lipinski definition) is 0. The molecule has 1 fully saturated rings. The monoisotopic (exact) mass is 588 g/mol. The van der Waals surface area contributed by atoms with Gasteiger partial charge in [-0.15, -0.1) is 0 Å². The third-order valence-electron chi connectivity index (χ3n) is 9.29. The molecule has 0 N–H and O–H groups in total. The SMILES string of the molecule is [2H]c1c([2H])c([2H])c2c(c1[2H])c(C(C)(C)C)c([2H])n2-c1ccc(C2(c3ccc(-n4c([2H])c(C(C)(C)C)c5c([2H])c([2H])c([2H])c([2H])c54)cc3)CCCCC2)cc1. The molecular weight excluding hydrogens is 532 g/mol. The van der Waals surface area contributed by atoms with Crippen LogP contribution in [0.3, 0.4) is 0 Å². The van der Waals surface area contributed by atoms with Crippen molar-refractivity contribution in [3.05, 3.63) is 131 Å². The van der Waals surface area contributed by atoms with Gasteiger partial charge in [0.25, 0.3) is 0 Å². The van der Waals surface area contributed by atoms with Crippen molar-refractivity contribution >= 4 is 21.8 Å². The van der Waals surface area contributed by atoms with Crippen LogP contribution in [0.1, 0.15) is 110 Å². The summed E-state index contributed by atoms with van der Waals surface area (Å²) in [6, 6.07) is 14.2. The van der Waals surface area contributed by atoms with Crippen molar-refractivity contribution < 1.29 is 13.7 Å². The molecule has 2 heteroatoms. The average molecular weight is 589 g/mol. The number of aromatic nitrogens is 2. The highest BCUT2D eigenvalue weighted by Gasteiger charge is 2.36. The second-order valence-electron chi connectivity index (χ2n) is 14.3. The summed E-state index contributed by atoms with van der Waals surface area (Å²) in [6.45, 7) is 11.7. The highest BCUT2D eigenvalue weighted by molar-refractivity contribution is 5.87. The van der Waals surface area contributed by atoms with E-state index in [2.05, 4.69) is 24.3 Å². The van der Waals surface area contributed by atoms with E-state index >= 15 is 0 Å². The topological polar surface area (TPSA) is 9.86 Å². The molecule has 0 atom stereocenters. The molecule has 0 aliphatic heterocycles. The molecule has 0 unspecified atom stereocenters. The Balaban J connectivity index is 1.36. The van der Waals surface area contributed by atoms with Crippen molar-refractivity contribution in [2.75, 3.05) is 0 Å². The zero-order valence-corrected chi connectivity index (χ0v) is 26.5.